The number of nitrogens with zero attached hydrogens (tertiary/aromatic N) is 2. The van der Waals surface area contributed by atoms with E-state index in [0.29, 0.717) is 22.1 Å². The first-order valence-corrected chi connectivity index (χ1v) is 7.62. The van der Waals surface area contributed by atoms with Crippen molar-refractivity contribution in [1.29, 1.82) is 5.26 Å². The molecule has 1 aromatic heterocycles. The van der Waals surface area contributed by atoms with E-state index in [1.54, 1.807) is 36.4 Å². The molecule has 0 bridgehead atoms. The molecule has 5 heteroatoms. The Morgan fingerprint density at radius 1 is 1.28 bits per heavy atom. The number of hydrogen-bond acceptors (Lipinski definition) is 3. The lowest BCUT2D eigenvalue weighted by Crippen LogP contribution is -2.23. The van der Waals surface area contributed by atoms with Gasteiger partial charge < -0.3 is 4.74 Å². The highest BCUT2D eigenvalue weighted by Crippen LogP contribution is 2.34. The number of allylic oxidation sites excluding steroid dienone is 1. The van der Waals surface area contributed by atoms with Crippen molar-refractivity contribution < 1.29 is 9.13 Å². The van der Waals surface area contributed by atoms with Crippen molar-refractivity contribution in [3.63, 3.8) is 0 Å². The van der Waals surface area contributed by atoms with Gasteiger partial charge in [-0.1, -0.05) is 24.3 Å². The molecule has 3 rings (SSSR count). The van der Waals surface area contributed by atoms with Crippen molar-refractivity contribution in [3.05, 3.63) is 77.0 Å². The minimum atomic E-state index is -0.466. The van der Waals surface area contributed by atoms with E-state index in [1.165, 1.54) is 23.8 Å². The molecule has 0 fully saturated rings. The number of nitriles is 1. The number of hydrogen-bond donors (Lipinski definition) is 0. The summed E-state index contributed by atoms with van der Waals surface area (Å²) < 4.78 is 21.0. The van der Waals surface area contributed by atoms with Crippen LogP contribution in [0.15, 0.2) is 59.9 Å². The second-order valence-electron chi connectivity index (χ2n) is 5.43. The Kier molecular flexibility index (Phi) is 4.36. The molecule has 0 aliphatic carbocycles. The fraction of sp³-hybridized carbons (Fsp3) is 0.100. The maximum Gasteiger partial charge on any atom is 0.259 e. The van der Waals surface area contributed by atoms with Gasteiger partial charge in [-0.25, -0.2) is 4.39 Å². The van der Waals surface area contributed by atoms with Crippen LogP contribution in [-0.2, 0) is 6.54 Å². The summed E-state index contributed by atoms with van der Waals surface area (Å²) in [6.07, 6.45) is 1.53. The number of fused-ring (bicyclic) bond motifs is 1. The Hall–Kier alpha value is -3.39. The second kappa shape index (κ2) is 6.62. The lowest BCUT2D eigenvalue weighted by Gasteiger charge is -2.16. The van der Waals surface area contributed by atoms with E-state index >= 15 is 0 Å². The summed E-state index contributed by atoms with van der Waals surface area (Å²) in [4.78, 5) is 12.8. The fourth-order valence-corrected chi connectivity index (χ4v) is 2.91. The van der Waals surface area contributed by atoms with Gasteiger partial charge in [-0.15, -0.1) is 6.58 Å². The zero-order chi connectivity index (χ0) is 18.0. The first-order valence-electron chi connectivity index (χ1n) is 7.62. The predicted molar refractivity (Wildman–Crippen MR) is 95.1 cm³/mol. The second-order valence-corrected chi connectivity index (χ2v) is 5.43. The molecule has 2 aromatic carbocycles. The third-order valence-corrected chi connectivity index (χ3v) is 4.04. The number of methoxy groups -OCH3 is 1. The first-order chi connectivity index (χ1) is 12.1. The Morgan fingerprint density at radius 2 is 2.04 bits per heavy atom. The van der Waals surface area contributed by atoms with E-state index in [4.69, 9.17) is 4.74 Å². The Labute approximate surface area is 144 Å². The smallest absolute Gasteiger partial charge is 0.259 e. The van der Waals surface area contributed by atoms with Crippen molar-refractivity contribution in [1.82, 2.24) is 4.57 Å². The number of ether oxygens (including phenoxy) is 1. The third-order valence-electron chi connectivity index (χ3n) is 4.04. The van der Waals surface area contributed by atoms with Gasteiger partial charge >= 0.3 is 0 Å². The van der Waals surface area contributed by atoms with Crippen molar-refractivity contribution in [2.24, 2.45) is 0 Å². The zero-order valence-corrected chi connectivity index (χ0v) is 13.6. The van der Waals surface area contributed by atoms with Gasteiger partial charge in [-0.2, -0.15) is 5.26 Å². The van der Waals surface area contributed by atoms with Crippen LogP contribution < -0.4 is 10.3 Å². The van der Waals surface area contributed by atoms with Crippen LogP contribution in [0.4, 0.5) is 4.39 Å². The molecule has 0 amide bonds. The van der Waals surface area contributed by atoms with Gasteiger partial charge in [0, 0.05) is 28.4 Å². The Morgan fingerprint density at radius 3 is 2.68 bits per heavy atom. The molecule has 1 heterocycles. The lowest BCUT2D eigenvalue weighted by molar-refractivity contribution is 0.415. The number of aromatic nitrogens is 1. The van der Waals surface area contributed by atoms with E-state index in [-0.39, 0.29) is 23.4 Å². The summed E-state index contributed by atoms with van der Waals surface area (Å²) in [5, 5.41) is 10.6. The van der Waals surface area contributed by atoms with Gasteiger partial charge in [-0.05, 0) is 24.3 Å². The van der Waals surface area contributed by atoms with Gasteiger partial charge in [0.2, 0.25) is 0 Å². The van der Waals surface area contributed by atoms with Crippen LogP contribution in [-0.4, -0.2) is 11.7 Å². The molecule has 3 aromatic rings. The molecular formula is C20H15FN2O2. The number of rotatable bonds is 4. The molecule has 0 saturated heterocycles. The molecule has 0 atom stereocenters. The monoisotopic (exact) mass is 334 g/mol. The summed E-state index contributed by atoms with van der Waals surface area (Å²) in [5.41, 5.74) is 0.399. The highest BCUT2D eigenvalue weighted by Gasteiger charge is 2.20. The van der Waals surface area contributed by atoms with Crippen molar-refractivity contribution >= 4 is 10.8 Å². The number of pyridine rings is 1. The SMILES string of the molecule is C=CCn1c(C#N)c(-c2ccccc2F)c2cc(OC)ccc2c1=O. The highest BCUT2D eigenvalue weighted by molar-refractivity contribution is 5.99. The topological polar surface area (TPSA) is 55.0 Å². The molecule has 0 spiro atoms. The van der Waals surface area contributed by atoms with Crippen LogP contribution in [0.5, 0.6) is 5.75 Å². The van der Waals surface area contributed by atoms with E-state index in [0.717, 1.165) is 0 Å². The lowest BCUT2D eigenvalue weighted by atomic mass is 9.96. The van der Waals surface area contributed by atoms with Gasteiger partial charge in [0.25, 0.3) is 5.56 Å². The van der Waals surface area contributed by atoms with E-state index in [9.17, 15) is 14.4 Å². The Bertz CT molecular complexity index is 1080. The largest absolute Gasteiger partial charge is 0.497 e. The number of benzene rings is 2. The first kappa shape index (κ1) is 16.5. The van der Waals surface area contributed by atoms with Crippen LogP contribution in [0.25, 0.3) is 21.9 Å². The average molecular weight is 334 g/mol. The molecule has 0 radical (unpaired) electrons. The van der Waals surface area contributed by atoms with Crippen molar-refractivity contribution in [2.75, 3.05) is 7.11 Å². The van der Waals surface area contributed by atoms with Gasteiger partial charge in [-0.3, -0.25) is 9.36 Å². The quantitative estimate of drug-likeness (QED) is 0.681. The predicted octanol–water partition coefficient (Wildman–Crippen LogP) is 3.87. The summed E-state index contributed by atoms with van der Waals surface area (Å²) >= 11 is 0. The van der Waals surface area contributed by atoms with Gasteiger partial charge in [0.1, 0.15) is 23.3 Å². The fourth-order valence-electron chi connectivity index (χ4n) is 2.91. The molecule has 4 nitrogen and oxygen atoms in total. The van der Waals surface area contributed by atoms with Crippen LogP contribution >= 0.6 is 0 Å². The summed E-state index contributed by atoms with van der Waals surface area (Å²) in [5.74, 6) is 0.0572. The van der Waals surface area contributed by atoms with Crippen molar-refractivity contribution in [3.8, 4) is 22.9 Å². The average Bonchev–Trinajstić information content (AvgIpc) is 2.64. The van der Waals surface area contributed by atoms with Crippen LogP contribution in [0.3, 0.4) is 0 Å². The molecule has 0 aliphatic heterocycles. The maximum atomic E-state index is 14.5. The minimum Gasteiger partial charge on any atom is -0.497 e. The summed E-state index contributed by atoms with van der Waals surface area (Å²) in [7, 11) is 1.51. The minimum absolute atomic E-state index is 0.0933. The molecular weight excluding hydrogens is 319 g/mol. The molecule has 124 valence electrons. The zero-order valence-electron chi connectivity index (χ0n) is 13.6. The maximum absolute atomic E-state index is 14.5. The Balaban J connectivity index is 2.57. The standard InChI is InChI=1S/C20H15FN2O2/c1-3-10-23-18(12-22)19(15-6-4-5-7-17(15)21)16-11-13(25-2)8-9-14(16)20(23)24/h3-9,11H,1,10H2,2H3. The normalized spacial score (nSPS) is 10.4. The van der Waals surface area contributed by atoms with Crippen molar-refractivity contribution in [2.45, 2.75) is 6.54 Å². The molecule has 25 heavy (non-hydrogen) atoms. The molecule has 0 N–H and O–H groups in total. The van der Waals surface area contributed by atoms with Gasteiger partial charge in [0.05, 0.1) is 7.11 Å². The van der Waals surface area contributed by atoms with Crippen LogP contribution in [0.1, 0.15) is 5.69 Å². The highest BCUT2D eigenvalue weighted by atomic mass is 19.1. The van der Waals surface area contributed by atoms with Gasteiger partial charge in [0.15, 0.2) is 0 Å². The molecule has 0 aliphatic rings. The van der Waals surface area contributed by atoms with Crippen LogP contribution in [0, 0.1) is 17.1 Å². The van der Waals surface area contributed by atoms with E-state index in [2.05, 4.69) is 12.6 Å². The van der Waals surface area contributed by atoms with Crippen LogP contribution in [0.2, 0.25) is 0 Å². The molecule has 0 saturated carbocycles. The van der Waals surface area contributed by atoms with E-state index < -0.39 is 5.82 Å². The summed E-state index contributed by atoms with van der Waals surface area (Å²) in [6.45, 7) is 3.79. The third kappa shape index (κ3) is 2.68. The number of halogens is 1. The summed E-state index contributed by atoms with van der Waals surface area (Å²) in [6, 6.07) is 13.2. The van der Waals surface area contributed by atoms with E-state index in [1.807, 2.05) is 0 Å². The molecule has 0 unspecified atom stereocenters.